The van der Waals surface area contributed by atoms with Crippen LogP contribution in [0.4, 0.5) is 0 Å². The quantitative estimate of drug-likeness (QED) is 0.770. The first kappa shape index (κ1) is 16.6. The predicted molar refractivity (Wildman–Crippen MR) is 85.5 cm³/mol. The molecule has 0 heterocycles. The van der Waals surface area contributed by atoms with E-state index in [0.29, 0.717) is 17.6 Å². The number of halogens is 1. The van der Waals surface area contributed by atoms with Crippen LogP contribution in [0.5, 0.6) is 5.75 Å². The Labute approximate surface area is 132 Å². The van der Waals surface area contributed by atoms with Crippen molar-refractivity contribution in [2.75, 3.05) is 0 Å². The predicted octanol–water partition coefficient (Wildman–Crippen LogP) is 4.43. The largest absolute Gasteiger partial charge is 0.489 e. The van der Waals surface area contributed by atoms with Crippen LogP contribution < -0.4 is 4.74 Å². The first-order valence-electron chi connectivity index (χ1n) is 7.41. The molecular formula is C16H23ClO3S. The van der Waals surface area contributed by atoms with Crippen molar-refractivity contribution in [3.05, 3.63) is 23.3 Å². The summed E-state index contributed by atoms with van der Waals surface area (Å²) in [4.78, 5) is 0.0907. The van der Waals surface area contributed by atoms with E-state index in [1.165, 1.54) is 0 Å². The van der Waals surface area contributed by atoms with Gasteiger partial charge in [0.25, 0.3) is 9.05 Å². The Morgan fingerprint density at radius 1 is 1.14 bits per heavy atom. The van der Waals surface area contributed by atoms with Crippen molar-refractivity contribution < 1.29 is 13.2 Å². The summed E-state index contributed by atoms with van der Waals surface area (Å²) in [6, 6.07) is 3.51. The highest BCUT2D eigenvalue weighted by atomic mass is 35.7. The molecule has 3 unspecified atom stereocenters. The molecule has 21 heavy (non-hydrogen) atoms. The highest BCUT2D eigenvalue weighted by molar-refractivity contribution is 8.13. The fourth-order valence-corrected chi connectivity index (χ4v) is 4.12. The van der Waals surface area contributed by atoms with Crippen molar-refractivity contribution in [3.63, 3.8) is 0 Å². The van der Waals surface area contributed by atoms with Crippen molar-refractivity contribution in [1.82, 2.24) is 0 Å². The van der Waals surface area contributed by atoms with E-state index >= 15 is 0 Å². The van der Waals surface area contributed by atoms with Gasteiger partial charge in [-0.3, -0.25) is 0 Å². The molecule has 0 aromatic heterocycles. The number of aryl methyl sites for hydroxylation is 2. The van der Waals surface area contributed by atoms with Crippen molar-refractivity contribution in [2.24, 2.45) is 11.8 Å². The normalized spacial score (nSPS) is 26.6. The minimum Gasteiger partial charge on any atom is -0.489 e. The van der Waals surface area contributed by atoms with E-state index in [4.69, 9.17) is 15.4 Å². The molecule has 1 aromatic rings. The van der Waals surface area contributed by atoms with Crippen LogP contribution in [0.2, 0.25) is 0 Å². The molecule has 0 bridgehead atoms. The second-order valence-electron chi connectivity index (χ2n) is 6.35. The topological polar surface area (TPSA) is 43.4 Å². The number of ether oxygens (including phenoxy) is 1. The average molecular weight is 331 g/mol. The molecule has 0 spiro atoms. The Morgan fingerprint density at radius 2 is 1.81 bits per heavy atom. The van der Waals surface area contributed by atoms with E-state index in [0.717, 1.165) is 30.4 Å². The number of rotatable bonds is 3. The summed E-state index contributed by atoms with van der Waals surface area (Å²) >= 11 is 0. The van der Waals surface area contributed by atoms with Gasteiger partial charge in [0.05, 0.1) is 6.10 Å². The van der Waals surface area contributed by atoms with Crippen LogP contribution in [0, 0.1) is 25.7 Å². The molecule has 0 saturated heterocycles. The molecule has 1 aliphatic rings. The Bertz CT molecular complexity index is 625. The molecule has 1 aromatic carbocycles. The minimum absolute atomic E-state index is 0.0646. The third kappa shape index (κ3) is 3.92. The highest BCUT2D eigenvalue weighted by Crippen LogP contribution is 2.36. The third-order valence-corrected chi connectivity index (χ3v) is 5.81. The second-order valence-corrected chi connectivity index (χ2v) is 8.89. The second kappa shape index (κ2) is 6.17. The lowest BCUT2D eigenvalue weighted by molar-refractivity contribution is 0.0973. The Morgan fingerprint density at radius 3 is 2.38 bits per heavy atom. The lowest BCUT2D eigenvalue weighted by Crippen LogP contribution is -2.29. The van der Waals surface area contributed by atoms with Gasteiger partial charge in [-0.05, 0) is 62.1 Å². The van der Waals surface area contributed by atoms with Gasteiger partial charge in [-0.1, -0.05) is 19.9 Å². The summed E-state index contributed by atoms with van der Waals surface area (Å²) in [5.74, 6) is 1.70. The number of benzene rings is 1. The highest BCUT2D eigenvalue weighted by Gasteiger charge is 2.28. The summed E-state index contributed by atoms with van der Waals surface area (Å²) < 4.78 is 29.7. The molecule has 2 rings (SSSR count). The Hall–Kier alpha value is -0.740. The maximum Gasteiger partial charge on any atom is 0.265 e. The van der Waals surface area contributed by atoms with E-state index in [2.05, 4.69) is 13.8 Å². The zero-order valence-corrected chi connectivity index (χ0v) is 14.6. The fraction of sp³-hybridized carbons (Fsp3) is 0.625. The molecule has 5 heteroatoms. The fourth-order valence-electron chi connectivity index (χ4n) is 3.02. The summed E-state index contributed by atoms with van der Waals surface area (Å²) in [7, 11) is 1.76. The van der Waals surface area contributed by atoms with Gasteiger partial charge in [0, 0.05) is 10.7 Å². The van der Waals surface area contributed by atoms with Crippen LogP contribution >= 0.6 is 10.7 Å². The molecule has 118 valence electrons. The van der Waals surface area contributed by atoms with Crippen LogP contribution in [0.3, 0.4) is 0 Å². The molecule has 3 atom stereocenters. The number of hydrogen-bond acceptors (Lipinski definition) is 3. The zero-order chi connectivity index (χ0) is 15.8. The molecule has 3 nitrogen and oxygen atoms in total. The van der Waals surface area contributed by atoms with Crippen molar-refractivity contribution in [2.45, 2.75) is 58.0 Å². The van der Waals surface area contributed by atoms with Gasteiger partial charge in [-0.2, -0.15) is 0 Å². The standard InChI is InChI=1S/C16H23ClO3S/c1-10-7-13(4)16(15(8-10)21(17,18)19)20-14-6-5-11(2)12(3)9-14/h7-8,11-12,14H,5-6,9H2,1-4H3. The van der Waals surface area contributed by atoms with Gasteiger partial charge in [0.15, 0.2) is 0 Å². The smallest absolute Gasteiger partial charge is 0.265 e. The van der Waals surface area contributed by atoms with Crippen LogP contribution in [-0.4, -0.2) is 14.5 Å². The van der Waals surface area contributed by atoms with E-state index in [1.807, 2.05) is 19.9 Å². The molecule has 0 radical (unpaired) electrons. The summed E-state index contributed by atoms with van der Waals surface area (Å²) in [6.07, 6.45) is 3.09. The van der Waals surface area contributed by atoms with Gasteiger partial charge in [0.1, 0.15) is 10.6 Å². The van der Waals surface area contributed by atoms with Crippen LogP contribution in [0.25, 0.3) is 0 Å². The van der Waals surface area contributed by atoms with Gasteiger partial charge in [0.2, 0.25) is 0 Å². The van der Waals surface area contributed by atoms with Crippen LogP contribution in [-0.2, 0) is 9.05 Å². The molecule has 1 aliphatic carbocycles. The van der Waals surface area contributed by atoms with Gasteiger partial charge >= 0.3 is 0 Å². The van der Waals surface area contributed by atoms with Crippen LogP contribution in [0.15, 0.2) is 17.0 Å². The van der Waals surface area contributed by atoms with E-state index < -0.39 is 9.05 Å². The molecular weight excluding hydrogens is 308 g/mol. The number of hydrogen-bond donors (Lipinski definition) is 0. The maximum atomic E-state index is 11.8. The SMILES string of the molecule is Cc1cc(C)c(OC2CCC(C)C(C)C2)c(S(=O)(=O)Cl)c1. The van der Waals surface area contributed by atoms with Gasteiger partial charge in [-0.25, -0.2) is 8.42 Å². The first-order chi connectivity index (χ1) is 9.68. The monoisotopic (exact) mass is 330 g/mol. The maximum absolute atomic E-state index is 11.8. The average Bonchev–Trinajstić information content (AvgIpc) is 2.35. The van der Waals surface area contributed by atoms with Crippen LogP contribution in [0.1, 0.15) is 44.2 Å². The molecule has 0 aliphatic heterocycles. The van der Waals surface area contributed by atoms with Crippen molar-refractivity contribution >= 4 is 19.7 Å². The molecule has 0 amide bonds. The Balaban J connectivity index is 2.32. The molecule has 1 saturated carbocycles. The Kier molecular flexibility index (Phi) is 4.89. The lowest BCUT2D eigenvalue weighted by atomic mass is 9.80. The summed E-state index contributed by atoms with van der Waals surface area (Å²) in [5.41, 5.74) is 1.69. The van der Waals surface area contributed by atoms with Gasteiger partial charge < -0.3 is 4.74 Å². The zero-order valence-electron chi connectivity index (χ0n) is 13.0. The third-order valence-electron chi connectivity index (χ3n) is 4.48. The van der Waals surface area contributed by atoms with Crippen molar-refractivity contribution in [1.29, 1.82) is 0 Å². The molecule has 0 N–H and O–H groups in total. The van der Waals surface area contributed by atoms with E-state index in [-0.39, 0.29) is 11.0 Å². The molecule has 1 fully saturated rings. The van der Waals surface area contributed by atoms with E-state index in [9.17, 15) is 8.42 Å². The van der Waals surface area contributed by atoms with Gasteiger partial charge in [-0.15, -0.1) is 0 Å². The lowest BCUT2D eigenvalue weighted by Gasteiger charge is -2.33. The first-order valence-corrected chi connectivity index (χ1v) is 9.72. The summed E-state index contributed by atoms with van der Waals surface area (Å²) in [6.45, 7) is 8.20. The summed E-state index contributed by atoms with van der Waals surface area (Å²) in [5, 5.41) is 0. The van der Waals surface area contributed by atoms with E-state index in [1.54, 1.807) is 6.07 Å². The van der Waals surface area contributed by atoms with Crippen molar-refractivity contribution in [3.8, 4) is 5.75 Å². The minimum atomic E-state index is -3.81.